The zero-order valence-electron chi connectivity index (χ0n) is 11.2. The summed E-state index contributed by atoms with van der Waals surface area (Å²) < 4.78 is 23.9. The number of rotatable bonds is 6. The van der Waals surface area contributed by atoms with Crippen LogP contribution in [0.25, 0.3) is 0 Å². The van der Waals surface area contributed by atoms with Gasteiger partial charge in [-0.05, 0) is 36.6 Å². The lowest BCUT2D eigenvalue weighted by Gasteiger charge is -2.11. The second kappa shape index (κ2) is 6.16. The van der Waals surface area contributed by atoms with E-state index in [1.807, 2.05) is 6.92 Å². The molecule has 1 aromatic rings. The van der Waals surface area contributed by atoms with Gasteiger partial charge in [-0.2, -0.15) is 0 Å². The lowest BCUT2D eigenvalue weighted by Crippen LogP contribution is -2.29. The fourth-order valence-corrected chi connectivity index (χ4v) is 3.55. The first-order valence-corrected chi connectivity index (χ1v) is 7.92. The summed E-state index contributed by atoms with van der Waals surface area (Å²) in [7, 11) is -3.24. The van der Waals surface area contributed by atoms with Crippen molar-refractivity contribution < 1.29 is 13.2 Å². The molecule has 6 heteroatoms. The molecule has 4 N–H and O–H groups in total. The third-order valence-corrected chi connectivity index (χ3v) is 4.68. The van der Waals surface area contributed by atoms with Gasteiger partial charge in [-0.25, -0.2) is 8.42 Å². The number of hydrogen-bond acceptors (Lipinski definition) is 4. The van der Waals surface area contributed by atoms with Crippen molar-refractivity contribution >= 4 is 15.7 Å². The Labute approximate surface area is 113 Å². The molecule has 5 nitrogen and oxygen atoms in total. The van der Waals surface area contributed by atoms with Crippen LogP contribution >= 0.6 is 0 Å². The van der Waals surface area contributed by atoms with Crippen LogP contribution in [0.15, 0.2) is 18.2 Å². The topological polar surface area (TPSA) is 103 Å². The Hall–Kier alpha value is -1.40. The number of nitrogens with two attached hydrogens (primary N) is 2. The smallest absolute Gasteiger partial charge is 0.248 e. The van der Waals surface area contributed by atoms with E-state index in [1.165, 1.54) is 0 Å². The predicted molar refractivity (Wildman–Crippen MR) is 75.5 cm³/mol. The van der Waals surface area contributed by atoms with Crippen LogP contribution in [0, 0.1) is 6.92 Å². The molecule has 0 fully saturated rings. The Morgan fingerprint density at radius 3 is 2.47 bits per heavy atom. The number of carbonyl (C=O) groups excluding carboxylic acids is 1. The zero-order valence-corrected chi connectivity index (χ0v) is 12.0. The number of amides is 1. The van der Waals surface area contributed by atoms with E-state index in [-0.39, 0.29) is 17.5 Å². The molecule has 0 spiro atoms. The quantitative estimate of drug-likeness (QED) is 0.804. The molecule has 1 amide bonds. The van der Waals surface area contributed by atoms with Crippen molar-refractivity contribution in [1.82, 2.24) is 0 Å². The van der Waals surface area contributed by atoms with Gasteiger partial charge in [0.2, 0.25) is 5.91 Å². The standard InChI is InChI=1S/C13H20N2O3S/c1-3-12(14)8-19(17,18)7-11-5-4-10(13(15)16)6-9(11)2/h4-6,12H,3,7-8,14H2,1-2H3,(H2,15,16). The molecule has 19 heavy (non-hydrogen) atoms. The molecule has 0 radical (unpaired) electrons. The fourth-order valence-electron chi connectivity index (χ4n) is 1.75. The van der Waals surface area contributed by atoms with Crippen LogP contribution in [0.5, 0.6) is 0 Å². The minimum Gasteiger partial charge on any atom is -0.366 e. The highest BCUT2D eigenvalue weighted by Gasteiger charge is 2.17. The first-order chi connectivity index (χ1) is 8.75. The van der Waals surface area contributed by atoms with Gasteiger partial charge in [-0.1, -0.05) is 13.0 Å². The molecule has 1 unspecified atom stereocenters. The van der Waals surface area contributed by atoms with Crippen molar-refractivity contribution in [1.29, 1.82) is 0 Å². The molecule has 1 rings (SSSR count). The Kier molecular flexibility index (Phi) is 5.08. The lowest BCUT2D eigenvalue weighted by molar-refractivity contribution is 0.1000. The van der Waals surface area contributed by atoms with Gasteiger partial charge in [-0.3, -0.25) is 4.79 Å². The highest BCUT2D eigenvalue weighted by atomic mass is 32.2. The molecule has 0 aliphatic heterocycles. The van der Waals surface area contributed by atoms with Crippen molar-refractivity contribution in [2.45, 2.75) is 32.1 Å². The van der Waals surface area contributed by atoms with E-state index in [9.17, 15) is 13.2 Å². The molecule has 106 valence electrons. The minimum atomic E-state index is -3.24. The number of primary amides is 1. The van der Waals surface area contributed by atoms with E-state index in [0.717, 1.165) is 5.56 Å². The number of sulfone groups is 1. The summed E-state index contributed by atoms with van der Waals surface area (Å²) in [5.74, 6) is -0.614. The second-order valence-electron chi connectivity index (χ2n) is 4.73. The van der Waals surface area contributed by atoms with Crippen LogP contribution in [0.4, 0.5) is 0 Å². The molecule has 1 aromatic carbocycles. The summed E-state index contributed by atoms with van der Waals surface area (Å²) in [5, 5.41) is 0. The van der Waals surface area contributed by atoms with E-state index in [1.54, 1.807) is 25.1 Å². The number of carbonyl (C=O) groups is 1. The average Bonchev–Trinajstić information content (AvgIpc) is 2.30. The normalized spacial score (nSPS) is 13.2. The molecule has 0 saturated carbocycles. The average molecular weight is 284 g/mol. The molecule has 0 bridgehead atoms. The highest BCUT2D eigenvalue weighted by molar-refractivity contribution is 7.90. The number of benzene rings is 1. The zero-order chi connectivity index (χ0) is 14.6. The Morgan fingerprint density at radius 2 is 2.00 bits per heavy atom. The Morgan fingerprint density at radius 1 is 1.37 bits per heavy atom. The van der Waals surface area contributed by atoms with Crippen LogP contribution in [0.3, 0.4) is 0 Å². The fraction of sp³-hybridized carbons (Fsp3) is 0.462. The molecule has 1 atom stereocenters. The van der Waals surface area contributed by atoms with Crippen LogP contribution < -0.4 is 11.5 Å². The van der Waals surface area contributed by atoms with Crippen LogP contribution in [-0.2, 0) is 15.6 Å². The van der Waals surface area contributed by atoms with Crippen molar-refractivity contribution in [3.05, 3.63) is 34.9 Å². The number of aryl methyl sites for hydroxylation is 1. The molecule has 0 aromatic heterocycles. The summed E-state index contributed by atoms with van der Waals surface area (Å²) in [6.45, 7) is 3.62. The van der Waals surface area contributed by atoms with Crippen molar-refractivity contribution in [3.8, 4) is 0 Å². The third kappa shape index (κ3) is 4.65. The first kappa shape index (κ1) is 15.7. The summed E-state index contributed by atoms with van der Waals surface area (Å²) >= 11 is 0. The van der Waals surface area contributed by atoms with E-state index in [0.29, 0.717) is 17.5 Å². The largest absolute Gasteiger partial charge is 0.366 e. The molecular formula is C13H20N2O3S. The monoisotopic (exact) mass is 284 g/mol. The van der Waals surface area contributed by atoms with Crippen LogP contribution in [-0.4, -0.2) is 26.1 Å². The maximum atomic E-state index is 12.0. The summed E-state index contributed by atoms with van der Waals surface area (Å²) in [5.41, 5.74) is 12.6. The second-order valence-corrected chi connectivity index (χ2v) is 6.84. The molecule has 0 aliphatic rings. The van der Waals surface area contributed by atoms with Gasteiger partial charge in [0.15, 0.2) is 9.84 Å². The first-order valence-electron chi connectivity index (χ1n) is 6.10. The van der Waals surface area contributed by atoms with Gasteiger partial charge in [0, 0.05) is 11.6 Å². The van der Waals surface area contributed by atoms with Gasteiger partial charge in [0.1, 0.15) is 0 Å². The molecule has 0 heterocycles. The van der Waals surface area contributed by atoms with Gasteiger partial charge in [-0.15, -0.1) is 0 Å². The van der Waals surface area contributed by atoms with E-state index < -0.39 is 15.7 Å². The summed E-state index contributed by atoms with van der Waals surface area (Å²) in [6, 6.07) is 4.44. The van der Waals surface area contributed by atoms with E-state index >= 15 is 0 Å². The van der Waals surface area contributed by atoms with Crippen LogP contribution in [0.2, 0.25) is 0 Å². The third-order valence-electron chi connectivity index (χ3n) is 2.99. The Bertz CT molecular complexity index is 567. The molecule has 0 saturated heterocycles. The van der Waals surface area contributed by atoms with Gasteiger partial charge in [0.25, 0.3) is 0 Å². The van der Waals surface area contributed by atoms with Crippen molar-refractivity contribution in [2.75, 3.05) is 5.75 Å². The molecule has 0 aliphatic carbocycles. The minimum absolute atomic E-state index is 0.0273. The van der Waals surface area contributed by atoms with E-state index in [4.69, 9.17) is 11.5 Å². The summed E-state index contributed by atoms with van der Waals surface area (Å²) in [6.07, 6.45) is 0.624. The highest BCUT2D eigenvalue weighted by Crippen LogP contribution is 2.15. The van der Waals surface area contributed by atoms with Crippen LogP contribution in [0.1, 0.15) is 34.8 Å². The SMILES string of the molecule is CCC(N)CS(=O)(=O)Cc1ccc(C(N)=O)cc1C. The van der Waals surface area contributed by atoms with Crippen molar-refractivity contribution in [3.63, 3.8) is 0 Å². The van der Waals surface area contributed by atoms with Crippen molar-refractivity contribution in [2.24, 2.45) is 11.5 Å². The molecular weight excluding hydrogens is 264 g/mol. The van der Waals surface area contributed by atoms with Gasteiger partial charge >= 0.3 is 0 Å². The Balaban J connectivity index is 2.91. The van der Waals surface area contributed by atoms with E-state index in [2.05, 4.69) is 0 Å². The van der Waals surface area contributed by atoms with Gasteiger partial charge < -0.3 is 11.5 Å². The maximum absolute atomic E-state index is 12.0. The predicted octanol–water partition coefficient (Wildman–Crippen LogP) is 0.746. The lowest BCUT2D eigenvalue weighted by atomic mass is 10.1. The number of hydrogen-bond donors (Lipinski definition) is 2. The maximum Gasteiger partial charge on any atom is 0.248 e. The summed E-state index contributed by atoms with van der Waals surface area (Å²) in [4.78, 5) is 11.0. The van der Waals surface area contributed by atoms with Gasteiger partial charge in [0.05, 0.1) is 11.5 Å².